The summed E-state index contributed by atoms with van der Waals surface area (Å²) in [5.41, 5.74) is 0.790. The molecule has 0 saturated heterocycles. The zero-order valence-electron chi connectivity index (χ0n) is 11.1. The van der Waals surface area contributed by atoms with Crippen LogP contribution in [-0.2, 0) is 16.6 Å². The van der Waals surface area contributed by atoms with Crippen molar-refractivity contribution in [1.82, 2.24) is 4.31 Å². The summed E-state index contributed by atoms with van der Waals surface area (Å²) in [6.07, 6.45) is 0. The quantitative estimate of drug-likeness (QED) is 0.787. The van der Waals surface area contributed by atoms with Crippen molar-refractivity contribution in [3.63, 3.8) is 0 Å². The molecular weight excluding hydrogens is 381 g/mol. The van der Waals surface area contributed by atoms with E-state index in [2.05, 4.69) is 15.9 Å². The van der Waals surface area contributed by atoms with Crippen molar-refractivity contribution in [3.05, 3.63) is 63.3 Å². The lowest BCUT2D eigenvalue weighted by Crippen LogP contribution is -2.27. The Morgan fingerprint density at radius 2 is 1.90 bits per heavy atom. The smallest absolute Gasteiger partial charge is 0.207 e. The largest absolute Gasteiger partial charge is 0.246 e. The number of halogens is 3. The average molecular weight is 393 g/mol. The van der Waals surface area contributed by atoms with Crippen LogP contribution in [0.25, 0.3) is 0 Å². The zero-order valence-corrected chi connectivity index (χ0v) is 14.2. The number of benzene rings is 2. The molecule has 2 aromatic rings. The van der Waals surface area contributed by atoms with Crippen LogP contribution in [0.4, 0.5) is 4.39 Å². The molecule has 7 heteroatoms. The van der Waals surface area contributed by atoms with E-state index in [0.29, 0.717) is 0 Å². The molecule has 0 fully saturated rings. The van der Waals surface area contributed by atoms with Crippen molar-refractivity contribution < 1.29 is 12.8 Å². The van der Waals surface area contributed by atoms with Gasteiger partial charge in [0.05, 0.1) is 0 Å². The predicted octanol–water partition coefficient (Wildman–Crippen LogP) is 4.06. The van der Waals surface area contributed by atoms with Crippen molar-refractivity contribution in [2.24, 2.45) is 0 Å². The van der Waals surface area contributed by atoms with Crippen LogP contribution in [0, 0.1) is 5.82 Å². The molecule has 0 atom stereocenters. The van der Waals surface area contributed by atoms with Crippen molar-refractivity contribution in [2.45, 2.75) is 11.4 Å². The van der Waals surface area contributed by atoms with Crippen molar-refractivity contribution in [1.29, 1.82) is 0 Å². The first kappa shape index (κ1) is 16.4. The van der Waals surface area contributed by atoms with E-state index in [1.54, 1.807) is 6.07 Å². The van der Waals surface area contributed by atoms with Crippen LogP contribution < -0.4 is 0 Å². The highest BCUT2D eigenvalue weighted by Gasteiger charge is 2.25. The molecule has 2 rings (SSSR count). The first-order valence-corrected chi connectivity index (χ1v) is 8.58. The minimum Gasteiger partial charge on any atom is -0.207 e. The number of hydrogen-bond acceptors (Lipinski definition) is 2. The summed E-state index contributed by atoms with van der Waals surface area (Å²) in [7, 11) is -2.52. The van der Waals surface area contributed by atoms with Gasteiger partial charge in [0.25, 0.3) is 0 Å². The molecule has 0 N–H and O–H groups in total. The predicted molar refractivity (Wildman–Crippen MR) is 84.2 cm³/mol. The van der Waals surface area contributed by atoms with Crippen LogP contribution in [0.15, 0.2) is 51.8 Å². The van der Waals surface area contributed by atoms with Gasteiger partial charge in [-0.15, -0.1) is 0 Å². The third-order valence-electron chi connectivity index (χ3n) is 2.93. The van der Waals surface area contributed by atoms with Crippen molar-refractivity contribution in [3.8, 4) is 0 Å². The first-order chi connectivity index (χ1) is 9.82. The summed E-state index contributed by atoms with van der Waals surface area (Å²) in [6.45, 7) is 0.131. The fourth-order valence-corrected chi connectivity index (χ4v) is 3.56. The summed E-state index contributed by atoms with van der Waals surface area (Å²) in [4.78, 5) is -0.388. The molecule has 2 aromatic carbocycles. The number of hydrogen-bond donors (Lipinski definition) is 0. The third-order valence-corrected chi connectivity index (χ3v) is 5.78. The first-order valence-electron chi connectivity index (χ1n) is 5.97. The monoisotopic (exact) mass is 391 g/mol. The van der Waals surface area contributed by atoms with Gasteiger partial charge in [0.2, 0.25) is 10.0 Å². The maximum atomic E-state index is 13.8. The van der Waals surface area contributed by atoms with E-state index in [9.17, 15) is 12.8 Å². The Kier molecular flexibility index (Phi) is 5.03. The van der Waals surface area contributed by atoms with E-state index >= 15 is 0 Å². The average Bonchev–Trinajstić information content (AvgIpc) is 2.40. The molecule has 0 spiro atoms. The minimum atomic E-state index is -3.92. The Hall–Kier alpha value is -0.950. The van der Waals surface area contributed by atoms with Crippen LogP contribution in [-0.4, -0.2) is 19.8 Å². The van der Waals surface area contributed by atoms with Gasteiger partial charge in [-0.25, -0.2) is 12.8 Å². The van der Waals surface area contributed by atoms with Crippen LogP contribution in [0.5, 0.6) is 0 Å². The molecule has 3 nitrogen and oxygen atoms in total. The fraction of sp³-hybridized carbons (Fsp3) is 0.143. The van der Waals surface area contributed by atoms with Gasteiger partial charge in [-0.2, -0.15) is 4.31 Å². The van der Waals surface area contributed by atoms with Gasteiger partial charge in [-0.3, -0.25) is 0 Å². The summed E-state index contributed by atoms with van der Waals surface area (Å²) in [6, 6.07) is 10.8. The Morgan fingerprint density at radius 3 is 2.52 bits per heavy atom. The second-order valence-electron chi connectivity index (χ2n) is 4.43. The van der Waals surface area contributed by atoms with Gasteiger partial charge in [0.1, 0.15) is 10.7 Å². The number of sulfonamides is 1. The molecule has 112 valence electrons. The molecule has 0 amide bonds. The highest BCUT2D eigenvalue weighted by molar-refractivity contribution is 9.10. The van der Waals surface area contributed by atoms with Gasteiger partial charge in [0, 0.05) is 23.1 Å². The minimum absolute atomic E-state index is 0.131. The number of nitrogens with zero attached hydrogens (tertiary/aromatic N) is 1. The molecule has 21 heavy (non-hydrogen) atoms. The van der Waals surface area contributed by atoms with E-state index < -0.39 is 15.8 Å². The summed E-state index contributed by atoms with van der Waals surface area (Å²) in [5.74, 6) is -0.860. The molecule has 0 saturated carbocycles. The molecule has 0 aliphatic rings. The van der Waals surface area contributed by atoms with Crippen LogP contribution in [0.3, 0.4) is 0 Å². The Bertz CT molecular complexity index is 767. The highest BCUT2D eigenvalue weighted by atomic mass is 79.9. The summed E-state index contributed by atoms with van der Waals surface area (Å²) in [5, 5.41) is 0.153. The molecular formula is C14H12BrClFNO2S. The molecule has 0 bridgehead atoms. The van der Waals surface area contributed by atoms with Crippen LogP contribution in [0.2, 0.25) is 5.02 Å². The number of rotatable bonds is 4. The van der Waals surface area contributed by atoms with Gasteiger partial charge in [-0.05, 0) is 29.8 Å². The van der Waals surface area contributed by atoms with Crippen LogP contribution in [0.1, 0.15) is 5.56 Å². The molecule has 0 aliphatic carbocycles. The Labute approximate surface area is 136 Å². The van der Waals surface area contributed by atoms with E-state index in [1.807, 2.05) is 18.2 Å². The van der Waals surface area contributed by atoms with Gasteiger partial charge >= 0.3 is 0 Å². The fourth-order valence-electron chi connectivity index (χ4n) is 1.80. The van der Waals surface area contributed by atoms with E-state index in [4.69, 9.17) is 11.6 Å². The molecule has 0 unspecified atom stereocenters. The second-order valence-corrected chi connectivity index (χ2v) is 7.73. The second kappa shape index (κ2) is 6.44. The molecule has 0 aliphatic heterocycles. The van der Waals surface area contributed by atoms with E-state index in [0.717, 1.165) is 20.4 Å². The normalized spacial score (nSPS) is 11.9. The third kappa shape index (κ3) is 3.63. The maximum absolute atomic E-state index is 13.8. The lowest BCUT2D eigenvalue weighted by molar-refractivity contribution is 0.459. The molecule has 0 aromatic heterocycles. The lowest BCUT2D eigenvalue weighted by Gasteiger charge is -2.18. The van der Waals surface area contributed by atoms with Crippen LogP contribution >= 0.6 is 27.5 Å². The zero-order chi connectivity index (χ0) is 15.6. The van der Waals surface area contributed by atoms with Crippen molar-refractivity contribution >= 4 is 37.6 Å². The topological polar surface area (TPSA) is 37.4 Å². The Morgan fingerprint density at radius 1 is 1.24 bits per heavy atom. The van der Waals surface area contributed by atoms with Crippen molar-refractivity contribution in [2.75, 3.05) is 7.05 Å². The van der Waals surface area contributed by atoms with Gasteiger partial charge in [-0.1, -0.05) is 45.7 Å². The van der Waals surface area contributed by atoms with E-state index in [-0.39, 0.29) is 16.5 Å². The van der Waals surface area contributed by atoms with E-state index in [1.165, 1.54) is 19.2 Å². The molecule has 0 radical (unpaired) electrons. The van der Waals surface area contributed by atoms with Gasteiger partial charge in [0.15, 0.2) is 0 Å². The lowest BCUT2D eigenvalue weighted by atomic mass is 10.2. The molecule has 0 heterocycles. The standard InChI is InChI=1S/C14H12BrClFNO2S/c1-18(9-10-4-2-3-5-12(10)15)21(19,20)14-7-6-11(16)8-13(14)17/h2-8H,9H2,1H3. The Balaban J connectivity index is 2.33. The van der Waals surface area contributed by atoms with Gasteiger partial charge < -0.3 is 0 Å². The summed E-state index contributed by atoms with van der Waals surface area (Å²) < 4.78 is 40.5. The SMILES string of the molecule is CN(Cc1ccccc1Br)S(=O)(=O)c1ccc(Cl)cc1F. The summed E-state index contributed by atoms with van der Waals surface area (Å²) >= 11 is 9.00. The maximum Gasteiger partial charge on any atom is 0.246 e. The highest BCUT2D eigenvalue weighted by Crippen LogP contribution is 2.24.